The second-order valence-electron chi connectivity index (χ2n) is 5.02. The maximum absolute atomic E-state index is 11.7. The smallest absolute Gasteiger partial charge is 0.335 e. The van der Waals surface area contributed by atoms with Crippen LogP contribution in [-0.2, 0) is 16.0 Å². The Hall–Kier alpha value is -2.08. The molecule has 0 aliphatic carbocycles. The molecule has 1 amide bonds. The Labute approximate surface area is 130 Å². The first-order valence-corrected chi connectivity index (χ1v) is 7.17. The first-order chi connectivity index (χ1) is 10.5. The van der Waals surface area contributed by atoms with Crippen molar-refractivity contribution in [3.8, 4) is 5.75 Å². The number of methoxy groups -OCH3 is 2. The standard InChI is InChI=1S/C16H23NO5/c1-11(21-2)4-7-15(18)17-9-8-12-5-6-13(16(19)20)10-14(12)22-3/h5-6,10-11H,4,7-9H2,1-3H3,(H,17,18)(H,19,20). The summed E-state index contributed by atoms with van der Waals surface area (Å²) >= 11 is 0. The van der Waals surface area contributed by atoms with E-state index in [-0.39, 0.29) is 17.6 Å². The van der Waals surface area contributed by atoms with Gasteiger partial charge in [0.25, 0.3) is 0 Å². The molecule has 0 aliphatic rings. The molecule has 122 valence electrons. The highest BCUT2D eigenvalue weighted by Gasteiger charge is 2.10. The molecule has 22 heavy (non-hydrogen) atoms. The number of carboxylic acids is 1. The van der Waals surface area contributed by atoms with Crippen LogP contribution in [0.3, 0.4) is 0 Å². The third-order valence-electron chi connectivity index (χ3n) is 3.43. The third kappa shape index (κ3) is 5.73. The number of aromatic carboxylic acids is 1. The van der Waals surface area contributed by atoms with Crippen molar-refractivity contribution in [3.63, 3.8) is 0 Å². The minimum absolute atomic E-state index is 0.0231. The first kappa shape index (κ1) is 18.0. The summed E-state index contributed by atoms with van der Waals surface area (Å²) in [5, 5.41) is 11.8. The van der Waals surface area contributed by atoms with Gasteiger partial charge in [-0.25, -0.2) is 4.79 Å². The fraction of sp³-hybridized carbons (Fsp3) is 0.500. The zero-order valence-electron chi connectivity index (χ0n) is 13.2. The Morgan fingerprint density at radius 1 is 1.32 bits per heavy atom. The number of ether oxygens (including phenoxy) is 2. The summed E-state index contributed by atoms with van der Waals surface area (Å²) in [6.45, 7) is 2.39. The lowest BCUT2D eigenvalue weighted by Gasteiger charge is -2.11. The Morgan fingerprint density at radius 3 is 2.64 bits per heavy atom. The number of carbonyl (C=O) groups excluding carboxylic acids is 1. The maximum atomic E-state index is 11.7. The molecule has 1 aromatic rings. The van der Waals surface area contributed by atoms with Crippen molar-refractivity contribution in [1.82, 2.24) is 5.32 Å². The van der Waals surface area contributed by atoms with Gasteiger partial charge < -0.3 is 19.9 Å². The van der Waals surface area contributed by atoms with Gasteiger partial charge in [-0.05, 0) is 37.5 Å². The Bertz CT molecular complexity index is 515. The van der Waals surface area contributed by atoms with Gasteiger partial charge in [0.1, 0.15) is 5.75 Å². The lowest BCUT2D eigenvalue weighted by Crippen LogP contribution is -2.26. The normalized spacial score (nSPS) is 11.8. The summed E-state index contributed by atoms with van der Waals surface area (Å²) in [6.07, 6.45) is 1.74. The van der Waals surface area contributed by atoms with Crippen LogP contribution >= 0.6 is 0 Å². The van der Waals surface area contributed by atoms with E-state index in [0.29, 0.717) is 31.6 Å². The van der Waals surface area contributed by atoms with Crippen molar-refractivity contribution in [2.45, 2.75) is 32.3 Å². The molecular weight excluding hydrogens is 286 g/mol. The molecule has 0 radical (unpaired) electrons. The minimum atomic E-state index is -0.995. The molecule has 6 nitrogen and oxygen atoms in total. The van der Waals surface area contributed by atoms with E-state index in [1.165, 1.54) is 19.2 Å². The highest BCUT2D eigenvalue weighted by atomic mass is 16.5. The van der Waals surface area contributed by atoms with Crippen LogP contribution in [-0.4, -0.2) is 43.9 Å². The molecule has 2 N–H and O–H groups in total. The van der Waals surface area contributed by atoms with Crippen molar-refractivity contribution in [2.24, 2.45) is 0 Å². The molecule has 1 unspecified atom stereocenters. The van der Waals surface area contributed by atoms with E-state index in [2.05, 4.69) is 5.32 Å². The second-order valence-corrected chi connectivity index (χ2v) is 5.02. The van der Waals surface area contributed by atoms with Gasteiger partial charge in [0.15, 0.2) is 0 Å². The molecule has 0 aromatic heterocycles. The molecule has 0 aliphatic heterocycles. The van der Waals surface area contributed by atoms with Crippen LogP contribution in [0.4, 0.5) is 0 Å². The van der Waals surface area contributed by atoms with Gasteiger partial charge in [0.05, 0.1) is 18.8 Å². The number of amides is 1. The van der Waals surface area contributed by atoms with Gasteiger partial charge in [-0.2, -0.15) is 0 Å². The van der Waals surface area contributed by atoms with E-state index < -0.39 is 5.97 Å². The Balaban J connectivity index is 2.47. The lowest BCUT2D eigenvalue weighted by atomic mass is 10.1. The average Bonchev–Trinajstić information content (AvgIpc) is 2.52. The molecule has 0 heterocycles. The van der Waals surface area contributed by atoms with Crippen LogP contribution in [0.15, 0.2) is 18.2 Å². The quantitative estimate of drug-likeness (QED) is 0.727. The SMILES string of the molecule is COc1cc(C(=O)O)ccc1CCNC(=O)CCC(C)OC. The highest BCUT2D eigenvalue weighted by molar-refractivity contribution is 5.88. The van der Waals surface area contributed by atoms with E-state index >= 15 is 0 Å². The van der Waals surface area contributed by atoms with Crippen LogP contribution in [0.25, 0.3) is 0 Å². The molecule has 0 fully saturated rings. The van der Waals surface area contributed by atoms with Crippen molar-refractivity contribution in [1.29, 1.82) is 0 Å². The number of benzene rings is 1. The van der Waals surface area contributed by atoms with Gasteiger partial charge >= 0.3 is 5.97 Å². The average molecular weight is 309 g/mol. The molecule has 0 saturated carbocycles. The molecule has 6 heteroatoms. The van der Waals surface area contributed by atoms with Crippen molar-refractivity contribution in [3.05, 3.63) is 29.3 Å². The van der Waals surface area contributed by atoms with Gasteiger partial charge in [-0.3, -0.25) is 4.79 Å². The van der Waals surface area contributed by atoms with E-state index in [9.17, 15) is 9.59 Å². The molecule has 0 bridgehead atoms. The summed E-state index contributed by atoms with van der Waals surface area (Å²) in [5.74, 6) is -0.502. The predicted molar refractivity (Wildman–Crippen MR) is 82.4 cm³/mol. The molecule has 0 spiro atoms. The maximum Gasteiger partial charge on any atom is 0.335 e. The van der Waals surface area contributed by atoms with Crippen LogP contribution in [0, 0.1) is 0 Å². The van der Waals surface area contributed by atoms with Crippen LogP contribution in [0.2, 0.25) is 0 Å². The zero-order chi connectivity index (χ0) is 16.5. The van der Waals surface area contributed by atoms with E-state index in [1.54, 1.807) is 13.2 Å². The molecular formula is C16H23NO5. The van der Waals surface area contributed by atoms with E-state index in [0.717, 1.165) is 5.56 Å². The number of hydrogen-bond acceptors (Lipinski definition) is 4. The van der Waals surface area contributed by atoms with Crippen LogP contribution in [0.1, 0.15) is 35.7 Å². The summed E-state index contributed by atoms with van der Waals surface area (Å²) < 4.78 is 10.3. The Morgan fingerprint density at radius 2 is 2.05 bits per heavy atom. The number of nitrogens with one attached hydrogen (secondary N) is 1. The van der Waals surface area contributed by atoms with Gasteiger partial charge in [-0.15, -0.1) is 0 Å². The monoisotopic (exact) mass is 309 g/mol. The Kier molecular flexibility index (Phi) is 7.39. The minimum Gasteiger partial charge on any atom is -0.496 e. The fourth-order valence-corrected chi connectivity index (χ4v) is 1.96. The largest absolute Gasteiger partial charge is 0.496 e. The first-order valence-electron chi connectivity index (χ1n) is 7.17. The molecule has 1 rings (SSSR count). The topological polar surface area (TPSA) is 84.9 Å². The van der Waals surface area contributed by atoms with Crippen molar-refractivity contribution >= 4 is 11.9 Å². The number of carboxylic acid groups (broad SMARTS) is 1. The number of hydrogen-bond donors (Lipinski definition) is 2. The van der Waals surface area contributed by atoms with Crippen LogP contribution < -0.4 is 10.1 Å². The van der Waals surface area contributed by atoms with E-state index in [4.69, 9.17) is 14.6 Å². The lowest BCUT2D eigenvalue weighted by molar-refractivity contribution is -0.121. The van der Waals surface area contributed by atoms with Gasteiger partial charge in [0.2, 0.25) is 5.91 Å². The van der Waals surface area contributed by atoms with Crippen molar-refractivity contribution in [2.75, 3.05) is 20.8 Å². The van der Waals surface area contributed by atoms with Crippen LogP contribution in [0.5, 0.6) is 5.75 Å². The zero-order valence-corrected chi connectivity index (χ0v) is 13.2. The molecule has 1 atom stereocenters. The number of carbonyl (C=O) groups is 2. The molecule has 1 aromatic carbocycles. The summed E-state index contributed by atoms with van der Waals surface area (Å²) in [7, 11) is 3.12. The fourth-order valence-electron chi connectivity index (χ4n) is 1.96. The highest BCUT2D eigenvalue weighted by Crippen LogP contribution is 2.20. The van der Waals surface area contributed by atoms with Gasteiger partial charge in [0, 0.05) is 20.1 Å². The predicted octanol–water partition coefficient (Wildman–Crippen LogP) is 1.87. The summed E-state index contributed by atoms with van der Waals surface area (Å²) in [6, 6.07) is 4.73. The van der Waals surface area contributed by atoms with E-state index in [1.807, 2.05) is 6.92 Å². The van der Waals surface area contributed by atoms with Gasteiger partial charge in [-0.1, -0.05) is 6.07 Å². The third-order valence-corrected chi connectivity index (χ3v) is 3.43. The second kappa shape index (κ2) is 9.04. The molecule has 0 saturated heterocycles. The summed E-state index contributed by atoms with van der Waals surface area (Å²) in [4.78, 5) is 22.6. The van der Waals surface area contributed by atoms with Crippen molar-refractivity contribution < 1.29 is 24.2 Å². The number of rotatable bonds is 9. The summed E-state index contributed by atoms with van der Waals surface area (Å²) in [5.41, 5.74) is 1.04.